The Morgan fingerprint density at radius 2 is 1.58 bits per heavy atom. The number of esters is 1. The molecule has 0 heterocycles. The first kappa shape index (κ1) is 32.3. The molecule has 6 nitrogen and oxygen atoms in total. The lowest BCUT2D eigenvalue weighted by molar-refractivity contribution is -0.210. The van der Waals surface area contributed by atoms with Crippen molar-refractivity contribution in [3.05, 3.63) is 47.5 Å². The molecule has 2 N–H and O–H groups in total. The third kappa shape index (κ3) is 4.99. The minimum atomic E-state index is -0.340. The summed E-state index contributed by atoms with van der Waals surface area (Å²) in [7, 11) is 0. The number of ether oxygens (including phenoxy) is 1. The number of rotatable bonds is 4. The number of ketones is 1. The number of hydrogen-bond acceptors (Lipinski definition) is 4. The van der Waals surface area contributed by atoms with E-state index < -0.39 is 0 Å². The molecule has 6 heteroatoms. The van der Waals surface area contributed by atoms with E-state index in [0.717, 1.165) is 63.4 Å². The van der Waals surface area contributed by atoms with E-state index in [0.29, 0.717) is 18.2 Å². The Morgan fingerprint density at radius 3 is 2.27 bits per heavy atom. The van der Waals surface area contributed by atoms with E-state index in [1.54, 1.807) is 0 Å². The first-order valence-corrected chi connectivity index (χ1v) is 17.5. The zero-order valence-corrected chi connectivity index (χ0v) is 29.0. The largest absolute Gasteiger partial charge is 0.462 e. The predicted molar refractivity (Wildman–Crippen MR) is 177 cm³/mol. The van der Waals surface area contributed by atoms with Crippen LogP contribution in [-0.4, -0.2) is 29.4 Å². The summed E-state index contributed by atoms with van der Waals surface area (Å²) in [6.45, 7) is 18.5. The molecule has 0 unspecified atom stereocenters. The number of urea groups is 1. The van der Waals surface area contributed by atoms with Crippen LogP contribution < -0.4 is 10.6 Å². The van der Waals surface area contributed by atoms with Gasteiger partial charge in [0.05, 0.1) is 0 Å². The van der Waals surface area contributed by atoms with Crippen molar-refractivity contribution < 1.29 is 19.1 Å². The smallest absolute Gasteiger partial charge is 0.315 e. The van der Waals surface area contributed by atoms with Gasteiger partial charge in [0.15, 0.2) is 5.78 Å². The summed E-state index contributed by atoms with van der Waals surface area (Å²) in [6.07, 6.45) is 10.9. The van der Waals surface area contributed by atoms with Crippen molar-refractivity contribution in [1.82, 2.24) is 10.6 Å². The lowest BCUT2D eigenvalue weighted by atomic mass is 9.33. The molecule has 5 aliphatic carbocycles. The number of carbonyl (C=O) groups excluding carboxylic acids is 3. The van der Waals surface area contributed by atoms with Crippen LogP contribution in [0.1, 0.15) is 119 Å². The fourth-order valence-electron chi connectivity index (χ4n) is 11.8. The SMILES string of the molecule is CC(=O)O[C@H]1CC[C@]2(C)[C@H]3C(=O)C=C4[C@@H]5C[C@@](C)(NC(=O)NCc6ccccc6)CC[C@]5(C)CC[C@@]4(C)[C@]3(C)CC[C@H]2C1(C)C. The van der Waals surface area contributed by atoms with Gasteiger partial charge in [-0.1, -0.05) is 77.4 Å². The molecule has 0 spiro atoms. The van der Waals surface area contributed by atoms with E-state index in [2.05, 4.69) is 65.2 Å². The highest BCUT2D eigenvalue weighted by Crippen LogP contribution is 2.74. The Hall–Kier alpha value is -2.63. The Bertz CT molecular complexity index is 1400. The van der Waals surface area contributed by atoms with Crippen molar-refractivity contribution in [1.29, 1.82) is 0 Å². The van der Waals surface area contributed by atoms with Gasteiger partial charge in [-0.2, -0.15) is 0 Å². The lowest BCUT2D eigenvalue weighted by Gasteiger charge is -2.70. The second kappa shape index (κ2) is 10.7. The van der Waals surface area contributed by atoms with Crippen LogP contribution in [0.4, 0.5) is 4.79 Å². The summed E-state index contributed by atoms with van der Waals surface area (Å²) in [5, 5.41) is 6.44. The van der Waals surface area contributed by atoms with Crippen LogP contribution in [0.25, 0.3) is 0 Å². The molecule has 1 aromatic rings. The highest BCUT2D eigenvalue weighted by Gasteiger charge is 2.70. The number of allylic oxidation sites excluding steroid dienone is 2. The molecule has 9 atom stereocenters. The van der Waals surface area contributed by atoms with Gasteiger partial charge in [-0.15, -0.1) is 0 Å². The van der Waals surface area contributed by atoms with E-state index in [9.17, 15) is 14.4 Å². The quantitative estimate of drug-likeness (QED) is 0.335. The normalized spacial score (nSPS) is 43.4. The first-order chi connectivity index (χ1) is 21.0. The van der Waals surface area contributed by atoms with Crippen molar-refractivity contribution in [3.8, 4) is 0 Å². The van der Waals surface area contributed by atoms with Crippen LogP contribution in [0.3, 0.4) is 0 Å². The highest BCUT2D eigenvalue weighted by molar-refractivity contribution is 5.95. The topological polar surface area (TPSA) is 84.5 Å². The van der Waals surface area contributed by atoms with Crippen LogP contribution in [0.15, 0.2) is 42.0 Å². The molecule has 0 aliphatic heterocycles. The van der Waals surface area contributed by atoms with Gasteiger partial charge in [0, 0.05) is 30.3 Å². The molecule has 5 aliphatic rings. The van der Waals surface area contributed by atoms with Crippen LogP contribution in [-0.2, 0) is 20.9 Å². The Kier molecular flexibility index (Phi) is 7.69. The monoisotopic (exact) mass is 616 g/mol. The van der Waals surface area contributed by atoms with Gasteiger partial charge in [-0.05, 0) is 110 Å². The standard InChI is InChI=1S/C39H56N2O4/c1-25(42)45-31-15-16-37(6)30(34(31,2)3)14-17-39(8)32(37)29(43)22-27-28-23-36(5,20-18-35(28,4)19-21-38(27,39)7)41-33(44)40-24-26-12-10-9-11-13-26/h9-13,22,28,30-32H,14-21,23-24H2,1-8H3,(H2,40,41,44)/t28-,30-,31-,32+,35+,36-,37-,38+,39+/m0/s1. The first-order valence-electron chi connectivity index (χ1n) is 17.5. The van der Waals surface area contributed by atoms with Crippen LogP contribution in [0, 0.1) is 44.8 Å². The second-order valence-corrected chi connectivity index (χ2v) is 17.5. The molecule has 4 fully saturated rings. The number of fused-ring (bicyclic) bond motifs is 7. The average molecular weight is 617 g/mol. The Morgan fingerprint density at radius 1 is 0.889 bits per heavy atom. The van der Waals surface area contributed by atoms with Gasteiger partial charge in [-0.25, -0.2) is 4.79 Å². The number of amides is 2. The lowest BCUT2D eigenvalue weighted by Crippen LogP contribution is -2.67. The third-order valence-electron chi connectivity index (χ3n) is 14.5. The van der Waals surface area contributed by atoms with Crippen molar-refractivity contribution >= 4 is 17.8 Å². The van der Waals surface area contributed by atoms with Crippen LogP contribution >= 0.6 is 0 Å². The van der Waals surface area contributed by atoms with Gasteiger partial charge in [0.1, 0.15) is 6.10 Å². The Balaban J connectivity index is 1.28. The summed E-state index contributed by atoms with van der Waals surface area (Å²) in [4.78, 5) is 39.8. The molecule has 4 saturated carbocycles. The molecule has 0 radical (unpaired) electrons. The number of benzene rings is 1. The van der Waals surface area contributed by atoms with Crippen molar-refractivity contribution in [2.24, 2.45) is 44.8 Å². The molecule has 0 saturated heterocycles. The molecule has 45 heavy (non-hydrogen) atoms. The van der Waals surface area contributed by atoms with Crippen LogP contribution in [0.2, 0.25) is 0 Å². The van der Waals surface area contributed by atoms with Gasteiger partial charge in [-0.3, -0.25) is 9.59 Å². The summed E-state index contributed by atoms with van der Waals surface area (Å²) < 4.78 is 5.88. The van der Waals surface area contributed by atoms with Crippen molar-refractivity contribution in [3.63, 3.8) is 0 Å². The second-order valence-electron chi connectivity index (χ2n) is 17.5. The van der Waals surface area contributed by atoms with E-state index in [1.807, 2.05) is 30.3 Å². The van der Waals surface area contributed by atoms with E-state index in [-0.39, 0.29) is 62.6 Å². The molecule has 6 rings (SSSR count). The van der Waals surface area contributed by atoms with Gasteiger partial charge >= 0.3 is 12.0 Å². The maximum Gasteiger partial charge on any atom is 0.315 e. The maximum absolute atomic E-state index is 14.7. The number of nitrogens with one attached hydrogen (secondary N) is 2. The van der Waals surface area contributed by atoms with E-state index >= 15 is 0 Å². The van der Waals surface area contributed by atoms with E-state index in [4.69, 9.17) is 4.74 Å². The zero-order chi connectivity index (χ0) is 32.6. The maximum atomic E-state index is 14.7. The minimum absolute atomic E-state index is 0.0451. The fraction of sp³-hybridized carbons (Fsp3) is 0.718. The van der Waals surface area contributed by atoms with Crippen molar-refractivity contribution in [2.45, 2.75) is 131 Å². The highest BCUT2D eigenvalue weighted by atomic mass is 16.5. The summed E-state index contributed by atoms with van der Waals surface area (Å²) in [6, 6.07) is 9.89. The third-order valence-corrected chi connectivity index (χ3v) is 14.5. The van der Waals surface area contributed by atoms with Crippen molar-refractivity contribution in [2.75, 3.05) is 0 Å². The number of carbonyl (C=O) groups is 3. The molecular weight excluding hydrogens is 560 g/mol. The van der Waals surface area contributed by atoms with Gasteiger partial charge in [0.2, 0.25) is 0 Å². The molecule has 1 aromatic carbocycles. The summed E-state index contributed by atoms with van der Waals surface area (Å²) in [5.41, 5.74) is 1.68. The van der Waals surface area contributed by atoms with Crippen LogP contribution in [0.5, 0.6) is 0 Å². The number of hydrogen-bond donors (Lipinski definition) is 2. The summed E-state index contributed by atoms with van der Waals surface area (Å²) >= 11 is 0. The van der Waals surface area contributed by atoms with Gasteiger partial charge in [0.25, 0.3) is 0 Å². The predicted octanol–water partition coefficient (Wildman–Crippen LogP) is 8.15. The molecule has 246 valence electrons. The molecule has 2 amide bonds. The fourth-order valence-corrected chi connectivity index (χ4v) is 11.8. The minimum Gasteiger partial charge on any atom is -0.462 e. The zero-order valence-electron chi connectivity index (χ0n) is 29.0. The molecule has 0 aromatic heterocycles. The van der Waals surface area contributed by atoms with E-state index in [1.165, 1.54) is 12.5 Å². The molecular formula is C39H56N2O4. The molecule has 0 bridgehead atoms. The average Bonchev–Trinajstić information content (AvgIpc) is 2.96. The van der Waals surface area contributed by atoms with Gasteiger partial charge < -0.3 is 15.4 Å². The summed E-state index contributed by atoms with van der Waals surface area (Å²) in [5.74, 6) is 0.626. The Labute approximate surface area is 270 Å².